The van der Waals surface area contributed by atoms with E-state index in [0.29, 0.717) is 0 Å². The molecule has 0 rings (SSSR count). The first kappa shape index (κ1) is 15.9. The number of alkyl halides is 2. The molecule has 0 radical (unpaired) electrons. The van der Waals surface area contributed by atoms with Crippen molar-refractivity contribution in [3.63, 3.8) is 0 Å². The van der Waals surface area contributed by atoms with Crippen LogP contribution in [0.15, 0.2) is 0 Å². The van der Waals surface area contributed by atoms with Gasteiger partial charge in [-0.3, -0.25) is 0 Å². The number of nitrogens with zero attached hydrogens (tertiary/aromatic N) is 2. The topological polar surface area (TPSA) is 64.0 Å². The van der Waals surface area contributed by atoms with Gasteiger partial charge >= 0.3 is 104 Å². The fraction of sp³-hybridized carbons (Fsp3) is 0.875. The van der Waals surface area contributed by atoms with Crippen LogP contribution in [0.2, 0.25) is 0 Å². The minimum atomic E-state index is -3.69. The van der Waals surface area contributed by atoms with Crippen molar-refractivity contribution in [2.75, 3.05) is 27.2 Å². The summed E-state index contributed by atoms with van der Waals surface area (Å²) in [4.78, 5) is 12.5. The quantitative estimate of drug-likeness (QED) is 0.175. The van der Waals surface area contributed by atoms with Crippen LogP contribution >= 0.6 is 0 Å². The molecule has 5 nitrogen and oxygen atoms in total. The van der Waals surface area contributed by atoms with Crippen molar-refractivity contribution in [3.8, 4) is 0 Å². The van der Waals surface area contributed by atoms with E-state index in [2.05, 4.69) is 0 Å². The molecule has 0 aliphatic rings. The standard InChI is InChI=1S/C8H16F2IN2O3/c1-4-13(7(16)11-12(2)3)5-8(9,10)6(14)15/h6,14-15H,4-5H2,1-3H3/q-1. The molecular weight excluding hydrogens is 337 g/mol. The third-order valence-corrected chi connectivity index (χ3v) is 3.71. The first-order valence-corrected chi connectivity index (χ1v) is 6.60. The summed E-state index contributed by atoms with van der Waals surface area (Å²) < 4.78 is 27.3. The van der Waals surface area contributed by atoms with E-state index in [9.17, 15) is 13.6 Å². The van der Waals surface area contributed by atoms with Crippen LogP contribution in [0.5, 0.6) is 0 Å². The van der Waals surface area contributed by atoms with Crippen LogP contribution < -0.4 is 21.5 Å². The molecule has 0 spiro atoms. The number of hydrogen-bond acceptors (Lipinski definition) is 4. The summed E-state index contributed by atoms with van der Waals surface area (Å²) in [6.07, 6.45) is -2.74. The van der Waals surface area contributed by atoms with Gasteiger partial charge in [0.1, 0.15) is 0 Å². The van der Waals surface area contributed by atoms with E-state index < -0.39 is 40.2 Å². The molecule has 8 heteroatoms. The molecule has 0 unspecified atom stereocenters. The van der Waals surface area contributed by atoms with Gasteiger partial charge in [0, 0.05) is 0 Å². The van der Waals surface area contributed by atoms with E-state index in [1.165, 1.54) is 0 Å². The van der Waals surface area contributed by atoms with Crippen molar-refractivity contribution in [2.45, 2.75) is 19.1 Å². The Hall–Kier alpha value is -0.0600. The van der Waals surface area contributed by atoms with E-state index >= 15 is 0 Å². The van der Waals surface area contributed by atoms with Crippen molar-refractivity contribution >= 4 is 3.91 Å². The van der Waals surface area contributed by atoms with Gasteiger partial charge in [-0.1, -0.05) is 0 Å². The maximum absolute atomic E-state index is 13.0. The van der Waals surface area contributed by atoms with Crippen molar-refractivity contribution in [2.24, 2.45) is 0 Å². The zero-order chi connectivity index (χ0) is 12.9. The Morgan fingerprint density at radius 2 is 1.94 bits per heavy atom. The second kappa shape index (κ2) is 6.62. The average Bonchev–Trinajstić information content (AvgIpc) is 2.12. The van der Waals surface area contributed by atoms with Gasteiger partial charge in [-0.2, -0.15) is 0 Å². The number of hydrogen-bond donors (Lipinski definition) is 2. The first-order chi connectivity index (χ1) is 7.20. The first-order valence-electron chi connectivity index (χ1n) is 4.56. The van der Waals surface area contributed by atoms with Crippen LogP contribution in [-0.2, 0) is 0 Å². The molecule has 98 valence electrons. The monoisotopic (exact) mass is 353 g/mol. The number of amides is 1. The van der Waals surface area contributed by atoms with Gasteiger partial charge in [0.05, 0.1) is 0 Å². The van der Waals surface area contributed by atoms with Crippen LogP contribution in [0.3, 0.4) is 0 Å². The molecule has 0 fully saturated rings. The summed E-state index contributed by atoms with van der Waals surface area (Å²) in [6, 6.07) is 0. The fourth-order valence-electron chi connectivity index (χ4n) is 0.832. The summed E-state index contributed by atoms with van der Waals surface area (Å²) in [5, 5.41) is 16.9. The Kier molecular flexibility index (Phi) is 6.60. The molecule has 0 aliphatic heterocycles. The second-order valence-electron chi connectivity index (χ2n) is 3.27. The van der Waals surface area contributed by atoms with Crippen molar-refractivity contribution in [3.05, 3.63) is 0 Å². The summed E-state index contributed by atoms with van der Waals surface area (Å²) in [6.45, 7) is 0.722. The maximum atomic E-state index is 13.0. The number of carbonyl (C=O) groups is 1. The normalized spacial score (nSPS) is 12.6. The third kappa shape index (κ3) is 5.32. The summed E-state index contributed by atoms with van der Waals surface area (Å²) in [5.74, 6) is -3.69. The van der Waals surface area contributed by atoms with Crippen molar-refractivity contribution < 1.29 is 45.3 Å². The molecule has 2 N–H and O–H groups in total. The SMILES string of the molecule is CCN(CC(F)(F)C(O)O)C(=O)[I-]N(C)C. The molecule has 0 aliphatic carbocycles. The molecule has 16 heavy (non-hydrogen) atoms. The number of aliphatic hydroxyl groups excluding tert-OH is 1. The van der Waals surface area contributed by atoms with Gasteiger partial charge < -0.3 is 0 Å². The van der Waals surface area contributed by atoms with E-state index in [0.717, 1.165) is 4.90 Å². The third-order valence-electron chi connectivity index (χ3n) is 1.65. The zero-order valence-corrected chi connectivity index (χ0v) is 11.5. The molecule has 0 saturated carbocycles. The van der Waals surface area contributed by atoms with E-state index in [4.69, 9.17) is 10.2 Å². The van der Waals surface area contributed by atoms with Crippen LogP contribution in [0.25, 0.3) is 0 Å². The van der Waals surface area contributed by atoms with E-state index in [-0.39, 0.29) is 10.5 Å². The number of rotatable bonds is 6. The minimum absolute atomic E-state index is 0.120. The fourth-order valence-corrected chi connectivity index (χ4v) is 2.47. The average molecular weight is 353 g/mol. The Balaban J connectivity index is 4.46. The van der Waals surface area contributed by atoms with Gasteiger partial charge in [0.15, 0.2) is 0 Å². The van der Waals surface area contributed by atoms with Gasteiger partial charge in [-0.05, 0) is 0 Å². The molecular formula is C8H16F2IN2O3-. The van der Waals surface area contributed by atoms with Gasteiger partial charge in [-0.15, -0.1) is 0 Å². The predicted molar refractivity (Wildman–Crippen MR) is 49.5 cm³/mol. The molecule has 0 atom stereocenters. The molecule has 0 aromatic heterocycles. The predicted octanol–water partition coefficient (Wildman–Crippen LogP) is -3.06. The van der Waals surface area contributed by atoms with Gasteiger partial charge in [-0.25, -0.2) is 0 Å². The van der Waals surface area contributed by atoms with Crippen molar-refractivity contribution in [1.29, 1.82) is 0 Å². The number of carbonyl (C=O) groups excluding carboxylic acids is 1. The Morgan fingerprint density at radius 1 is 1.44 bits per heavy atom. The van der Waals surface area contributed by atoms with Crippen LogP contribution in [0, 0.1) is 0 Å². The Morgan fingerprint density at radius 3 is 2.25 bits per heavy atom. The van der Waals surface area contributed by atoms with Gasteiger partial charge in [0.2, 0.25) is 0 Å². The second-order valence-corrected chi connectivity index (χ2v) is 6.61. The summed E-state index contributed by atoms with van der Waals surface area (Å²) in [7, 11) is 3.39. The molecule has 0 aromatic rings. The van der Waals surface area contributed by atoms with Crippen LogP contribution in [-0.4, -0.2) is 61.5 Å². The number of aliphatic hydroxyl groups is 2. The number of halogens is 3. The van der Waals surface area contributed by atoms with Crippen LogP contribution in [0.1, 0.15) is 6.92 Å². The molecule has 0 bridgehead atoms. The van der Waals surface area contributed by atoms with Crippen molar-refractivity contribution in [1.82, 2.24) is 8.01 Å². The Bertz CT molecular complexity index is 239. The van der Waals surface area contributed by atoms with E-state index in [1.807, 2.05) is 0 Å². The molecule has 0 aromatic carbocycles. The molecule has 0 heterocycles. The molecule has 0 saturated heterocycles. The zero-order valence-electron chi connectivity index (χ0n) is 9.32. The van der Waals surface area contributed by atoms with Gasteiger partial charge in [0.25, 0.3) is 0 Å². The Labute approximate surface area is 104 Å². The summed E-state index contributed by atoms with van der Waals surface area (Å²) >= 11 is -0.995. The summed E-state index contributed by atoms with van der Waals surface area (Å²) in [5.41, 5.74) is 0. The van der Waals surface area contributed by atoms with Crippen LogP contribution in [0.4, 0.5) is 13.6 Å². The molecule has 1 amide bonds. The van der Waals surface area contributed by atoms with E-state index in [1.54, 1.807) is 24.1 Å².